The molecule has 170 valence electrons. The molecule has 2 aliphatic heterocycles. The van der Waals surface area contributed by atoms with Crippen LogP contribution < -0.4 is 10.7 Å². The average molecular weight is 451 g/mol. The van der Waals surface area contributed by atoms with Gasteiger partial charge in [0.25, 0.3) is 0 Å². The van der Waals surface area contributed by atoms with Crippen molar-refractivity contribution in [2.45, 2.75) is 51.0 Å². The van der Waals surface area contributed by atoms with Crippen LogP contribution in [0.25, 0.3) is 0 Å². The number of hydrogen-bond donors (Lipinski definition) is 2. The maximum atomic E-state index is 13.0. The van der Waals surface area contributed by atoms with E-state index < -0.39 is 17.7 Å². The Bertz CT molecular complexity index is 744. The van der Waals surface area contributed by atoms with Crippen molar-refractivity contribution < 1.29 is 23.9 Å². The van der Waals surface area contributed by atoms with E-state index in [9.17, 15) is 19.2 Å². The monoisotopic (exact) mass is 450 g/mol. The van der Waals surface area contributed by atoms with Crippen LogP contribution in [0.15, 0.2) is 17.8 Å². The number of ketones is 1. The molecule has 2 saturated heterocycles. The van der Waals surface area contributed by atoms with E-state index in [-0.39, 0.29) is 35.9 Å². The second kappa shape index (κ2) is 11.4. The molecule has 3 aliphatic rings. The van der Waals surface area contributed by atoms with Gasteiger partial charge in [-0.25, -0.2) is 5.43 Å². The first-order valence-electron chi connectivity index (χ1n) is 10.8. The van der Waals surface area contributed by atoms with Crippen LogP contribution in [0, 0.1) is 11.8 Å². The molecule has 1 unspecified atom stereocenters. The summed E-state index contributed by atoms with van der Waals surface area (Å²) in [5.74, 6) is -1.95. The third kappa shape index (κ3) is 6.16. The van der Waals surface area contributed by atoms with Gasteiger partial charge in [0.05, 0.1) is 5.75 Å². The molecule has 3 rings (SSSR count). The van der Waals surface area contributed by atoms with Gasteiger partial charge in [0.15, 0.2) is 5.17 Å². The SMILES string of the molecule is C=CCN1C(=O)CSC1=NNC(=O)C(=O)C(NC(=O)C1CCCCC1)C1CCOCC1. The molecule has 1 aliphatic carbocycles. The highest BCUT2D eigenvalue weighted by Crippen LogP contribution is 2.25. The van der Waals surface area contributed by atoms with Crippen molar-refractivity contribution in [1.29, 1.82) is 0 Å². The summed E-state index contributed by atoms with van der Waals surface area (Å²) in [4.78, 5) is 51.7. The fraction of sp³-hybridized carbons (Fsp3) is 0.667. The zero-order valence-electron chi connectivity index (χ0n) is 17.6. The Kier molecular flexibility index (Phi) is 8.65. The zero-order valence-corrected chi connectivity index (χ0v) is 18.5. The first kappa shape index (κ1) is 23.5. The highest BCUT2D eigenvalue weighted by molar-refractivity contribution is 8.15. The van der Waals surface area contributed by atoms with Crippen molar-refractivity contribution in [2.75, 3.05) is 25.5 Å². The van der Waals surface area contributed by atoms with Crippen LogP contribution in [0.3, 0.4) is 0 Å². The molecule has 3 amide bonds. The molecule has 31 heavy (non-hydrogen) atoms. The molecule has 1 saturated carbocycles. The molecule has 2 N–H and O–H groups in total. The highest BCUT2D eigenvalue weighted by atomic mass is 32.2. The number of hydrazone groups is 1. The van der Waals surface area contributed by atoms with E-state index in [4.69, 9.17) is 4.74 Å². The summed E-state index contributed by atoms with van der Waals surface area (Å²) in [6.45, 7) is 4.87. The van der Waals surface area contributed by atoms with Gasteiger partial charge in [-0.1, -0.05) is 37.1 Å². The minimum Gasteiger partial charge on any atom is -0.381 e. The molecule has 0 aromatic heterocycles. The number of Topliss-reactive ketones (excluding diaryl/α,β-unsaturated/α-hetero) is 1. The fourth-order valence-corrected chi connectivity index (χ4v) is 5.02. The number of carbonyl (C=O) groups is 4. The van der Waals surface area contributed by atoms with Crippen LogP contribution >= 0.6 is 11.8 Å². The summed E-state index contributed by atoms with van der Waals surface area (Å²) in [6, 6.07) is -0.902. The van der Waals surface area contributed by atoms with Crippen LogP contribution in [0.1, 0.15) is 44.9 Å². The van der Waals surface area contributed by atoms with Crippen LogP contribution in [-0.4, -0.2) is 65.1 Å². The number of rotatable bonds is 8. The van der Waals surface area contributed by atoms with Crippen LogP contribution in [0.2, 0.25) is 0 Å². The maximum absolute atomic E-state index is 13.0. The third-order valence-corrected chi connectivity index (χ3v) is 6.90. The molecule has 1 atom stereocenters. The third-order valence-electron chi connectivity index (χ3n) is 5.94. The number of amides is 3. The number of thioether (sulfide) groups is 1. The van der Waals surface area contributed by atoms with E-state index in [0.717, 1.165) is 32.1 Å². The van der Waals surface area contributed by atoms with E-state index in [1.807, 2.05) is 0 Å². The largest absolute Gasteiger partial charge is 0.381 e. The molecular formula is C21H30N4O5S. The second-order valence-electron chi connectivity index (χ2n) is 8.05. The van der Waals surface area contributed by atoms with Gasteiger partial charge < -0.3 is 10.1 Å². The molecule has 3 fully saturated rings. The summed E-state index contributed by atoms with van der Waals surface area (Å²) in [7, 11) is 0. The predicted molar refractivity (Wildman–Crippen MR) is 117 cm³/mol. The normalized spacial score (nSPS) is 22.9. The highest BCUT2D eigenvalue weighted by Gasteiger charge is 2.37. The number of hydrogen-bond acceptors (Lipinski definition) is 7. The number of carbonyl (C=O) groups excluding carboxylic acids is 4. The van der Waals surface area contributed by atoms with Gasteiger partial charge in [0.2, 0.25) is 17.6 Å². The van der Waals surface area contributed by atoms with E-state index >= 15 is 0 Å². The van der Waals surface area contributed by atoms with Crippen molar-refractivity contribution in [3.63, 3.8) is 0 Å². The molecule has 0 aromatic carbocycles. The second-order valence-corrected chi connectivity index (χ2v) is 8.99. The smallest absolute Gasteiger partial charge is 0.309 e. The molecule has 0 bridgehead atoms. The lowest BCUT2D eigenvalue weighted by Crippen LogP contribution is -2.53. The van der Waals surface area contributed by atoms with Gasteiger partial charge in [-0.3, -0.25) is 24.1 Å². The van der Waals surface area contributed by atoms with Crippen molar-refractivity contribution in [1.82, 2.24) is 15.6 Å². The Balaban J connectivity index is 1.67. The number of amidine groups is 1. The summed E-state index contributed by atoms with van der Waals surface area (Å²) in [6.07, 6.45) is 7.51. The fourth-order valence-electron chi connectivity index (χ4n) is 4.17. The lowest BCUT2D eigenvalue weighted by Gasteiger charge is -2.31. The minimum absolute atomic E-state index is 0.111. The molecular weight excluding hydrogens is 420 g/mol. The molecule has 10 heteroatoms. The van der Waals surface area contributed by atoms with E-state index in [1.54, 1.807) is 6.08 Å². The van der Waals surface area contributed by atoms with Crippen molar-refractivity contribution in [3.05, 3.63) is 12.7 Å². The lowest BCUT2D eigenvalue weighted by atomic mass is 9.85. The molecule has 2 heterocycles. The summed E-state index contributed by atoms with van der Waals surface area (Å²) in [5.41, 5.74) is 2.27. The first-order valence-corrected chi connectivity index (χ1v) is 11.8. The van der Waals surface area contributed by atoms with E-state index in [2.05, 4.69) is 22.4 Å². The van der Waals surface area contributed by atoms with Gasteiger partial charge in [-0.15, -0.1) is 11.7 Å². The Labute approximate surface area is 186 Å². The van der Waals surface area contributed by atoms with E-state index in [1.165, 1.54) is 16.7 Å². The van der Waals surface area contributed by atoms with Crippen molar-refractivity contribution in [2.24, 2.45) is 16.9 Å². The molecule has 9 nitrogen and oxygen atoms in total. The maximum Gasteiger partial charge on any atom is 0.309 e. The summed E-state index contributed by atoms with van der Waals surface area (Å²) in [5, 5.41) is 7.15. The molecule has 0 spiro atoms. The average Bonchev–Trinajstić information content (AvgIpc) is 3.16. The molecule has 0 aromatic rings. The van der Waals surface area contributed by atoms with Gasteiger partial charge in [0, 0.05) is 25.7 Å². The predicted octanol–water partition coefficient (Wildman–Crippen LogP) is 1.20. The van der Waals surface area contributed by atoms with Gasteiger partial charge in [0.1, 0.15) is 6.04 Å². The van der Waals surface area contributed by atoms with Crippen molar-refractivity contribution in [3.8, 4) is 0 Å². The summed E-state index contributed by atoms with van der Waals surface area (Å²) < 4.78 is 5.38. The minimum atomic E-state index is -0.902. The number of ether oxygens (including phenoxy) is 1. The van der Waals surface area contributed by atoms with Crippen LogP contribution in [-0.2, 0) is 23.9 Å². The topological polar surface area (TPSA) is 117 Å². The Morgan fingerprint density at radius 3 is 2.58 bits per heavy atom. The van der Waals surface area contributed by atoms with Crippen LogP contribution in [0.5, 0.6) is 0 Å². The van der Waals surface area contributed by atoms with Crippen molar-refractivity contribution >= 4 is 40.4 Å². The van der Waals surface area contributed by atoms with Gasteiger partial charge in [-0.05, 0) is 31.6 Å². The molecule has 0 radical (unpaired) electrons. The van der Waals surface area contributed by atoms with Gasteiger partial charge in [-0.2, -0.15) is 0 Å². The number of nitrogens with one attached hydrogen (secondary N) is 2. The van der Waals surface area contributed by atoms with Crippen LogP contribution in [0.4, 0.5) is 0 Å². The quantitative estimate of drug-likeness (QED) is 0.326. The lowest BCUT2D eigenvalue weighted by molar-refractivity contribution is -0.142. The first-order chi connectivity index (χ1) is 15.0. The standard InChI is InChI=1S/C21H30N4O5S/c1-2-10-25-16(26)13-31-21(25)24-23-20(29)18(27)17(14-8-11-30-12-9-14)22-19(28)15-6-4-3-5-7-15/h2,14-15,17H,1,3-13H2,(H,22,28)(H,23,29). The Morgan fingerprint density at radius 2 is 1.90 bits per heavy atom. The summed E-state index contributed by atoms with van der Waals surface area (Å²) >= 11 is 1.18. The Hall–Kier alpha value is -2.20. The zero-order chi connectivity index (χ0) is 22.2. The van der Waals surface area contributed by atoms with Gasteiger partial charge >= 0.3 is 5.91 Å². The van der Waals surface area contributed by atoms with E-state index in [0.29, 0.717) is 31.2 Å². The Morgan fingerprint density at radius 1 is 1.19 bits per heavy atom. The number of nitrogens with zero attached hydrogens (tertiary/aromatic N) is 2.